The third-order valence-corrected chi connectivity index (χ3v) is 3.80. The zero-order valence-electron chi connectivity index (χ0n) is 15.4. The minimum absolute atomic E-state index is 0. The lowest BCUT2D eigenvalue weighted by molar-refractivity contribution is 0.410. The number of guanidine groups is 1. The molecule has 26 heavy (non-hydrogen) atoms. The Kier molecular flexibility index (Phi) is 10.5. The summed E-state index contributed by atoms with van der Waals surface area (Å²) in [6.45, 7) is 4.30. The standard InChI is InChI=1S/C20H27N3O2.HI/c1-3-21-20(22-13-11-16-7-6-9-18(24)15-16)23-14-12-17-8-4-5-10-19(17)25-2;/h4-10,15,24H,3,11-14H2,1-2H3,(H2,21,22,23);1H. The van der Waals surface area contributed by atoms with Gasteiger partial charge in [-0.15, -0.1) is 24.0 Å². The van der Waals surface area contributed by atoms with Crippen LogP contribution >= 0.6 is 24.0 Å². The van der Waals surface area contributed by atoms with Crippen LogP contribution in [0, 0.1) is 0 Å². The molecule has 0 amide bonds. The van der Waals surface area contributed by atoms with Crippen molar-refractivity contribution in [2.75, 3.05) is 26.7 Å². The Hall–Kier alpha value is -1.96. The summed E-state index contributed by atoms with van der Waals surface area (Å²) >= 11 is 0. The molecule has 0 unspecified atom stereocenters. The molecule has 0 bridgehead atoms. The van der Waals surface area contributed by atoms with Crippen molar-refractivity contribution >= 4 is 29.9 Å². The number of hydrogen-bond donors (Lipinski definition) is 3. The molecule has 0 radical (unpaired) electrons. The average molecular weight is 469 g/mol. The van der Waals surface area contributed by atoms with Gasteiger partial charge in [0.2, 0.25) is 0 Å². The van der Waals surface area contributed by atoms with Crippen LogP contribution in [-0.4, -0.2) is 37.8 Å². The molecule has 2 aromatic rings. The lowest BCUT2D eigenvalue weighted by Crippen LogP contribution is -2.38. The molecule has 5 nitrogen and oxygen atoms in total. The monoisotopic (exact) mass is 469 g/mol. The van der Waals surface area contributed by atoms with E-state index in [-0.39, 0.29) is 24.0 Å². The Balaban J connectivity index is 0.00000338. The largest absolute Gasteiger partial charge is 0.508 e. The normalized spacial score (nSPS) is 10.8. The maximum Gasteiger partial charge on any atom is 0.191 e. The predicted molar refractivity (Wildman–Crippen MR) is 118 cm³/mol. The predicted octanol–water partition coefficient (Wildman–Crippen LogP) is 3.36. The minimum Gasteiger partial charge on any atom is -0.508 e. The number of aromatic hydroxyl groups is 1. The van der Waals surface area contributed by atoms with E-state index in [1.54, 1.807) is 19.2 Å². The van der Waals surface area contributed by atoms with Crippen molar-refractivity contribution in [2.45, 2.75) is 19.8 Å². The summed E-state index contributed by atoms with van der Waals surface area (Å²) in [5.74, 6) is 2.01. The number of phenols is 1. The van der Waals surface area contributed by atoms with Crippen molar-refractivity contribution in [1.29, 1.82) is 0 Å². The third kappa shape index (κ3) is 7.51. The highest BCUT2D eigenvalue weighted by Gasteiger charge is 2.02. The topological polar surface area (TPSA) is 65.9 Å². The van der Waals surface area contributed by atoms with Crippen LogP contribution in [0.2, 0.25) is 0 Å². The van der Waals surface area contributed by atoms with Crippen molar-refractivity contribution < 1.29 is 9.84 Å². The highest BCUT2D eigenvalue weighted by atomic mass is 127. The van der Waals surface area contributed by atoms with Gasteiger partial charge >= 0.3 is 0 Å². The third-order valence-electron chi connectivity index (χ3n) is 3.80. The Morgan fingerprint density at radius 1 is 1.08 bits per heavy atom. The molecule has 0 aliphatic carbocycles. The van der Waals surface area contributed by atoms with Gasteiger partial charge in [0, 0.05) is 19.6 Å². The zero-order valence-corrected chi connectivity index (χ0v) is 17.7. The maximum absolute atomic E-state index is 9.51. The Labute approximate surface area is 172 Å². The van der Waals surface area contributed by atoms with Gasteiger partial charge in [-0.2, -0.15) is 0 Å². The molecule has 6 heteroatoms. The first-order chi connectivity index (χ1) is 12.2. The quantitative estimate of drug-likeness (QED) is 0.315. The summed E-state index contributed by atoms with van der Waals surface area (Å²) in [6, 6.07) is 15.4. The number of aliphatic imine (C=N–C) groups is 1. The minimum atomic E-state index is 0. The fraction of sp³-hybridized carbons (Fsp3) is 0.350. The number of halogens is 1. The van der Waals surface area contributed by atoms with E-state index in [9.17, 15) is 5.11 Å². The van der Waals surface area contributed by atoms with Gasteiger partial charge in [0.15, 0.2) is 5.96 Å². The van der Waals surface area contributed by atoms with E-state index in [1.165, 1.54) is 0 Å². The van der Waals surface area contributed by atoms with Gasteiger partial charge in [0.1, 0.15) is 11.5 Å². The fourth-order valence-corrected chi connectivity index (χ4v) is 2.58. The number of rotatable bonds is 8. The fourth-order valence-electron chi connectivity index (χ4n) is 2.58. The second-order valence-corrected chi connectivity index (χ2v) is 5.67. The molecule has 0 saturated carbocycles. The van der Waals surface area contributed by atoms with Gasteiger partial charge in [0.25, 0.3) is 0 Å². The van der Waals surface area contributed by atoms with Gasteiger partial charge in [-0.1, -0.05) is 30.3 Å². The van der Waals surface area contributed by atoms with E-state index in [1.807, 2.05) is 37.3 Å². The second kappa shape index (κ2) is 12.4. The molecule has 2 aromatic carbocycles. The molecular weight excluding hydrogens is 441 g/mol. The molecule has 0 atom stereocenters. The number of para-hydroxylation sites is 1. The van der Waals surface area contributed by atoms with Crippen LogP contribution in [0.5, 0.6) is 11.5 Å². The summed E-state index contributed by atoms with van der Waals surface area (Å²) in [6.07, 6.45) is 1.65. The lowest BCUT2D eigenvalue weighted by atomic mass is 10.1. The van der Waals surface area contributed by atoms with Crippen LogP contribution in [0.4, 0.5) is 0 Å². The van der Waals surface area contributed by atoms with Crippen LogP contribution in [0.3, 0.4) is 0 Å². The molecule has 142 valence electrons. The van der Waals surface area contributed by atoms with Crippen molar-refractivity contribution in [3.05, 3.63) is 59.7 Å². The van der Waals surface area contributed by atoms with Gasteiger partial charge < -0.3 is 20.5 Å². The number of methoxy groups -OCH3 is 1. The van der Waals surface area contributed by atoms with Gasteiger partial charge in [-0.05, 0) is 49.1 Å². The van der Waals surface area contributed by atoms with Crippen molar-refractivity contribution in [1.82, 2.24) is 10.6 Å². The van der Waals surface area contributed by atoms with E-state index in [0.29, 0.717) is 12.3 Å². The van der Waals surface area contributed by atoms with Crippen LogP contribution < -0.4 is 15.4 Å². The Bertz CT molecular complexity index is 692. The number of phenolic OH excluding ortho intramolecular Hbond substituents is 1. The molecule has 0 spiro atoms. The van der Waals surface area contributed by atoms with Gasteiger partial charge in [-0.3, -0.25) is 4.99 Å². The maximum atomic E-state index is 9.51. The molecule has 2 rings (SSSR count). The van der Waals surface area contributed by atoms with Crippen LogP contribution in [-0.2, 0) is 12.8 Å². The lowest BCUT2D eigenvalue weighted by Gasteiger charge is -2.12. The molecular formula is C20H28IN3O2. The number of hydrogen-bond acceptors (Lipinski definition) is 3. The van der Waals surface area contributed by atoms with Crippen molar-refractivity contribution in [3.63, 3.8) is 0 Å². The molecule has 0 aliphatic rings. The van der Waals surface area contributed by atoms with Crippen LogP contribution in [0.25, 0.3) is 0 Å². The first-order valence-electron chi connectivity index (χ1n) is 8.65. The van der Waals surface area contributed by atoms with E-state index >= 15 is 0 Å². The highest BCUT2D eigenvalue weighted by molar-refractivity contribution is 14.0. The molecule has 0 heterocycles. The first-order valence-corrected chi connectivity index (χ1v) is 8.65. The SMILES string of the molecule is CCNC(=NCCc1ccccc1OC)NCCc1cccc(O)c1.I. The van der Waals surface area contributed by atoms with Crippen LogP contribution in [0.1, 0.15) is 18.1 Å². The Morgan fingerprint density at radius 3 is 2.62 bits per heavy atom. The number of benzene rings is 2. The molecule has 3 N–H and O–H groups in total. The van der Waals surface area contributed by atoms with Gasteiger partial charge in [-0.25, -0.2) is 0 Å². The summed E-state index contributed by atoms with van der Waals surface area (Å²) in [4.78, 5) is 4.62. The van der Waals surface area contributed by atoms with E-state index < -0.39 is 0 Å². The van der Waals surface area contributed by atoms with Crippen molar-refractivity contribution in [3.8, 4) is 11.5 Å². The first kappa shape index (κ1) is 22.1. The zero-order chi connectivity index (χ0) is 17.9. The second-order valence-electron chi connectivity index (χ2n) is 5.67. The Morgan fingerprint density at radius 2 is 1.88 bits per heavy atom. The summed E-state index contributed by atoms with van der Waals surface area (Å²) in [5, 5.41) is 16.1. The molecule has 0 aromatic heterocycles. The van der Waals surface area contributed by atoms with Crippen LogP contribution in [0.15, 0.2) is 53.5 Å². The summed E-state index contributed by atoms with van der Waals surface area (Å²) < 4.78 is 5.37. The van der Waals surface area contributed by atoms with Gasteiger partial charge in [0.05, 0.1) is 7.11 Å². The average Bonchev–Trinajstić information content (AvgIpc) is 2.62. The van der Waals surface area contributed by atoms with Crippen molar-refractivity contribution in [2.24, 2.45) is 4.99 Å². The molecule has 0 fully saturated rings. The highest BCUT2D eigenvalue weighted by Crippen LogP contribution is 2.17. The number of ether oxygens (including phenoxy) is 1. The van der Waals surface area contributed by atoms with E-state index in [0.717, 1.165) is 48.8 Å². The number of nitrogens with zero attached hydrogens (tertiary/aromatic N) is 1. The molecule has 0 aliphatic heterocycles. The summed E-state index contributed by atoms with van der Waals surface area (Å²) in [5.41, 5.74) is 2.25. The molecule has 0 saturated heterocycles. The van der Waals surface area contributed by atoms with E-state index in [4.69, 9.17) is 4.74 Å². The summed E-state index contributed by atoms with van der Waals surface area (Å²) in [7, 11) is 1.69. The van der Waals surface area contributed by atoms with E-state index in [2.05, 4.69) is 21.7 Å². The number of nitrogens with one attached hydrogen (secondary N) is 2. The smallest absolute Gasteiger partial charge is 0.191 e.